The van der Waals surface area contributed by atoms with Crippen molar-refractivity contribution in [3.63, 3.8) is 0 Å². The van der Waals surface area contributed by atoms with Gasteiger partial charge in [0.05, 0.1) is 6.26 Å². The molecule has 1 aromatic carbocycles. The van der Waals surface area contributed by atoms with Crippen LogP contribution in [0.25, 0.3) is 22.4 Å². The van der Waals surface area contributed by atoms with E-state index in [4.69, 9.17) is 8.94 Å². The van der Waals surface area contributed by atoms with Gasteiger partial charge in [-0.1, -0.05) is 23.4 Å². The summed E-state index contributed by atoms with van der Waals surface area (Å²) in [5, 5.41) is 7.29. The first kappa shape index (κ1) is 14.9. The molecular formula is C18H13N3O4. The number of benzene rings is 1. The Bertz CT molecular complexity index is 1090. The van der Waals surface area contributed by atoms with Crippen LogP contribution in [-0.2, 0) is 6.54 Å². The molecule has 0 bridgehead atoms. The number of pyridine rings is 1. The summed E-state index contributed by atoms with van der Waals surface area (Å²) in [6.45, 7) is 0.0853. The Morgan fingerprint density at radius 3 is 2.84 bits per heavy atom. The maximum absolute atomic E-state index is 12.2. The van der Waals surface area contributed by atoms with Crippen molar-refractivity contribution in [1.29, 1.82) is 0 Å². The largest absolute Gasteiger partial charge is 0.461 e. The molecule has 25 heavy (non-hydrogen) atoms. The third kappa shape index (κ3) is 2.94. The third-order valence-corrected chi connectivity index (χ3v) is 3.78. The van der Waals surface area contributed by atoms with Gasteiger partial charge in [0.15, 0.2) is 11.5 Å². The second-order valence-corrected chi connectivity index (χ2v) is 5.45. The molecule has 0 aliphatic carbocycles. The van der Waals surface area contributed by atoms with Gasteiger partial charge in [-0.3, -0.25) is 9.59 Å². The predicted octanol–water partition coefficient (Wildman–Crippen LogP) is 2.71. The lowest BCUT2D eigenvalue weighted by atomic mass is 10.1. The second-order valence-electron chi connectivity index (χ2n) is 5.45. The highest BCUT2D eigenvalue weighted by atomic mass is 16.5. The summed E-state index contributed by atoms with van der Waals surface area (Å²) in [5.74, 6) is 0.408. The number of amides is 1. The fraction of sp³-hybridized carbons (Fsp3) is 0.0556. The summed E-state index contributed by atoms with van der Waals surface area (Å²) in [4.78, 5) is 27.1. The molecule has 4 aromatic rings. The van der Waals surface area contributed by atoms with E-state index in [0.29, 0.717) is 17.1 Å². The molecule has 7 heteroatoms. The normalized spacial score (nSPS) is 10.9. The average Bonchev–Trinajstić information content (AvgIpc) is 3.30. The molecular weight excluding hydrogens is 322 g/mol. The van der Waals surface area contributed by atoms with E-state index in [0.717, 1.165) is 10.9 Å². The van der Waals surface area contributed by atoms with Crippen LogP contribution in [0.2, 0.25) is 0 Å². The number of nitrogens with one attached hydrogen (secondary N) is 2. The Morgan fingerprint density at radius 2 is 2.00 bits per heavy atom. The number of carbonyl (C=O) groups excluding carboxylic acids is 1. The molecule has 0 unspecified atom stereocenters. The van der Waals surface area contributed by atoms with E-state index in [-0.39, 0.29) is 17.8 Å². The highest BCUT2D eigenvalue weighted by Crippen LogP contribution is 2.20. The highest BCUT2D eigenvalue weighted by Gasteiger charge is 2.15. The molecule has 0 fully saturated rings. The molecule has 124 valence electrons. The first-order chi connectivity index (χ1) is 12.2. The lowest BCUT2D eigenvalue weighted by Gasteiger charge is -2.04. The summed E-state index contributed by atoms with van der Waals surface area (Å²) < 4.78 is 10.3. The fourth-order valence-electron chi connectivity index (χ4n) is 2.51. The zero-order valence-corrected chi connectivity index (χ0v) is 13.0. The predicted molar refractivity (Wildman–Crippen MR) is 89.9 cm³/mol. The standard InChI is InChI=1S/C18H13N3O4/c22-17-12(8-11-4-1-2-5-13(11)20-17)10-19-18(23)14-9-16(25-21-14)15-6-3-7-24-15/h1-9H,10H2,(H,19,23)(H,20,22). The van der Waals surface area contributed by atoms with Crippen LogP contribution in [0.1, 0.15) is 16.1 Å². The molecule has 4 rings (SSSR count). The van der Waals surface area contributed by atoms with Crippen LogP contribution in [0.4, 0.5) is 0 Å². The minimum atomic E-state index is -0.436. The maximum Gasteiger partial charge on any atom is 0.273 e. The Balaban J connectivity index is 1.50. The van der Waals surface area contributed by atoms with E-state index in [1.165, 1.54) is 12.3 Å². The number of rotatable bonds is 4. The van der Waals surface area contributed by atoms with Gasteiger partial charge in [-0.15, -0.1) is 0 Å². The van der Waals surface area contributed by atoms with Crippen LogP contribution >= 0.6 is 0 Å². The number of fused-ring (bicyclic) bond motifs is 1. The zero-order valence-electron chi connectivity index (χ0n) is 13.0. The van der Waals surface area contributed by atoms with Crippen LogP contribution < -0.4 is 10.9 Å². The van der Waals surface area contributed by atoms with Gasteiger partial charge >= 0.3 is 0 Å². The fourth-order valence-corrected chi connectivity index (χ4v) is 2.51. The van der Waals surface area contributed by atoms with E-state index >= 15 is 0 Å². The molecule has 0 spiro atoms. The topological polar surface area (TPSA) is 101 Å². The highest BCUT2D eigenvalue weighted by molar-refractivity contribution is 5.93. The Morgan fingerprint density at radius 1 is 1.12 bits per heavy atom. The van der Waals surface area contributed by atoms with Crippen LogP contribution in [-0.4, -0.2) is 16.0 Å². The number of furan rings is 1. The number of hydrogen-bond acceptors (Lipinski definition) is 5. The maximum atomic E-state index is 12.2. The van der Waals surface area contributed by atoms with Crippen molar-refractivity contribution in [2.45, 2.75) is 6.54 Å². The second kappa shape index (κ2) is 6.12. The molecule has 0 aliphatic heterocycles. The molecule has 7 nitrogen and oxygen atoms in total. The number of aromatic amines is 1. The van der Waals surface area contributed by atoms with E-state index in [9.17, 15) is 9.59 Å². The van der Waals surface area contributed by atoms with E-state index in [1.54, 1.807) is 18.2 Å². The van der Waals surface area contributed by atoms with Gasteiger partial charge in [0, 0.05) is 23.7 Å². The molecule has 3 aromatic heterocycles. The number of hydrogen-bond donors (Lipinski definition) is 2. The monoisotopic (exact) mass is 335 g/mol. The Kier molecular flexibility index (Phi) is 3.66. The molecule has 0 radical (unpaired) electrons. The van der Waals surface area contributed by atoms with Gasteiger partial charge in [0.2, 0.25) is 5.76 Å². The number of H-pyrrole nitrogens is 1. The number of nitrogens with zero attached hydrogens (tertiary/aromatic N) is 1. The van der Waals surface area contributed by atoms with E-state index in [1.807, 2.05) is 24.3 Å². The van der Waals surface area contributed by atoms with Crippen molar-refractivity contribution in [2.75, 3.05) is 0 Å². The Hall–Kier alpha value is -3.61. The molecule has 0 saturated carbocycles. The van der Waals surface area contributed by atoms with E-state index in [2.05, 4.69) is 15.5 Å². The Labute approximate surface area is 141 Å². The summed E-state index contributed by atoms with van der Waals surface area (Å²) in [5.41, 5.74) is 1.09. The number of carbonyl (C=O) groups is 1. The molecule has 0 aliphatic rings. The first-order valence-corrected chi connectivity index (χ1v) is 7.60. The van der Waals surface area contributed by atoms with Crippen LogP contribution in [0, 0.1) is 0 Å². The van der Waals surface area contributed by atoms with Gasteiger partial charge < -0.3 is 19.2 Å². The SMILES string of the molecule is O=C(NCc1cc2ccccc2[nH]c1=O)c1cc(-c2ccco2)on1. The summed E-state index contributed by atoms with van der Waals surface area (Å²) in [6, 6.07) is 14.1. The first-order valence-electron chi connectivity index (χ1n) is 7.60. The van der Waals surface area contributed by atoms with Gasteiger partial charge in [-0.25, -0.2) is 0 Å². The van der Waals surface area contributed by atoms with Crippen LogP contribution in [0.15, 0.2) is 68.5 Å². The lowest BCUT2D eigenvalue weighted by molar-refractivity contribution is 0.0942. The van der Waals surface area contributed by atoms with Gasteiger partial charge in [0.25, 0.3) is 11.5 Å². The molecule has 0 saturated heterocycles. The van der Waals surface area contributed by atoms with Crippen molar-refractivity contribution in [2.24, 2.45) is 0 Å². The van der Waals surface area contributed by atoms with Crippen molar-refractivity contribution in [3.8, 4) is 11.5 Å². The van der Waals surface area contributed by atoms with Crippen LogP contribution in [0.3, 0.4) is 0 Å². The molecule has 2 N–H and O–H groups in total. The smallest absolute Gasteiger partial charge is 0.273 e. The minimum Gasteiger partial charge on any atom is -0.461 e. The average molecular weight is 335 g/mol. The van der Waals surface area contributed by atoms with Crippen molar-refractivity contribution in [3.05, 3.63) is 76.4 Å². The van der Waals surface area contributed by atoms with Gasteiger partial charge in [-0.05, 0) is 29.7 Å². The summed E-state index contributed by atoms with van der Waals surface area (Å²) in [6.07, 6.45) is 1.50. The van der Waals surface area contributed by atoms with Crippen molar-refractivity contribution >= 4 is 16.8 Å². The van der Waals surface area contributed by atoms with E-state index < -0.39 is 5.91 Å². The summed E-state index contributed by atoms with van der Waals surface area (Å²) >= 11 is 0. The van der Waals surface area contributed by atoms with Gasteiger partial charge in [-0.2, -0.15) is 0 Å². The molecule has 0 atom stereocenters. The number of aromatic nitrogens is 2. The van der Waals surface area contributed by atoms with Crippen molar-refractivity contribution in [1.82, 2.24) is 15.5 Å². The lowest BCUT2D eigenvalue weighted by Crippen LogP contribution is -2.26. The molecule has 3 heterocycles. The number of para-hydroxylation sites is 1. The van der Waals surface area contributed by atoms with Crippen LogP contribution in [0.5, 0.6) is 0 Å². The summed E-state index contributed by atoms with van der Waals surface area (Å²) in [7, 11) is 0. The van der Waals surface area contributed by atoms with Crippen molar-refractivity contribution < 1.29 is 13.7 Å². The minimum absolute atomic E-state index is 0.0853. The van der Waals surface area contributed by atoms with Gasteiger partial charge in [0.1, 0.15) is 0 Å². The quantitative estimate of drug-likeness (QED) is 0.597. The third-order valence-electron chi connectivity index (χ3n) is 3.78. The molecule has 1 amide bonds. The zero-order chi connectivity index (χ0) is 17.2.